The molecular weight excluding hydrogens is 1800 g/mol. The van der Waals surface area contributed by atoms with Crippen molar-refractivity contribution in [3.05, 3.63) is 467 Å². The van der Waals surface area contributed by atoms with Gasteiger partial charge in [0.25, 0.3) is 0 Å². The third kappa shape index (κ3) is 13.4. The summed E-state index contributed by atoms with van der Waals surface area (Å²) in [6, 6.07) is 160. The Morgan fingerprint density at radius 3 is 0.849 bits per heavy atom. The van der Waals surface area contributed by atoms with Crippen LogP contribution in [0.3, 0.4) is 0 Å². The van der Waals surface area contributed by atoms with Crippen molar-refractivity contribution in [2.24, 2.45) is 0 Å². The summed E-state index contributed by atoms with van der Waals surface area (Å²) in [6.45, 7) is 0. The number of hydrogen-bond acceptors (Lipinski definition) is 13. The largest absolute Gasteiger partial charge is 0.456 e. The van der Waals surface area contributed by atoms with Crippen LogP contribution in [0.25, 0.3) is 289 Å². The van der Waals surface area contributed by atoms with E-state index in [9.17, 15) is 0 Å². The second kappa shape index (κ2) is 33.8. The van der Waals surface area contributed by atoms with Gasteiger partial charge in [0, 0.05) is 109 Å². The summed E-state index contributed by atoms with van der Waals surface area (Å²) in [5.74, 6) is 5.16. The fourth-order valence-corrected chi connectivity index (χ4v) is 21.7. The molecule has 0 N–H and O–H groups in total. The van der Waals surface area contributed by atoms with Crippen molar-refractivity contribution in [1.82, 2.24) is 63.1 Å². The summed E-state index contributed by atoms with van der Waals surface area (Å²) < 4.78 is 35.5. The molecule has 0 amide bonds. The van der Waals surface area contributed by atoms with Crippen molar-refractivity contribution in [2.75, 3.05) is 0 Å². The van der Waals surface area contributed by atoms with Gasteiger partial charge in [0.05, 0.1) is 83.0 Å². The minimum Gasteiger partial charge on any atom is -0.456 e. The topological polar surface area (TPSA) is 188 Å². The van der Waals surface area contributed by atoms with Crippen LogP contribution in [0, 0.1) is 0 Å². The lowest BCUT2D eigenvalue weighted by Gasteiger charge is -2.13. The van der Waals surface area contributed by atoms with Crippen LogP contribution in [0.15, 0.2) is 485 Å². The number of hydrogen-bond donors (Lipinski definition) is 0. The molecule has 0 spiro atoms. The summed E-state index contributed by atoms with van der Waals surface area (Å²) in [5, 5.41) is 17.6. The molecular formula is C129H77N13O4. The van der Waals surface area contributed by atoms with Crippen molar-refractivity contribution >= 4 is 175 Å². The molecule has 0 aliphatic heterocycles. The highest BCUT2D eigenvalue weighted by Crippen LogP contribution is 2.49. The zero-order valence-electron chi connectivity index (χ0n) is 77.9. The van der Waals surface area contributed by atoms with Gasteiger partial charge in [0.2, 0.25) is 5.95 Å². The van der Waals surface area contributed by atoms with Gasteiger partial charge in [-0.2, -0.15) is 9.97 Å². The number of aromatic nitrogens is 13. The quantitative estimate of drug-likeness (QED) is 0.112. The fourth-order valence-electron chi connectivity index (χ4n) is 21.7. The number of fused-ring (bicyclic) bond motifs is 25. The number of nitrogens with zero attached hydrogens (tertiary/aromatic N) is 13. The van der Waals surface area contributed by atoms with Gasteiger partial charge in [-0.1, -0.05) is 358 Å². The highest BCUT2D eigenvalue weighted by Gasteiger charge is 2.30. The molecule has 146 heavy (non-hydrogen) atoms. The van der Waals surface area contributed by atoms with E-state index in [-0.39, 0.29) is 0 Å². The Bertz CT molecular complexity index is 10500. The van der Waals surface area contributed by atoms with Gasteiger partial charge in [-0.05, 0) is 109 Å². The van der Waals surface area contributed by atoms with E-state index in [4.69, 9.17) is 62.5 Å². The molecule has 0 saturated heterocycles. The van der Waals surface area contributed by atoms with Crippen LogP contribution in [0.2, 0.25) is 0 Å². The van der Waals surface area contributed by atoms with Gasteiger partial charge >= 0.3 is 0 Å². The molecule has 0 aliphatic rings. The molecule has 31 rings (SSSR count). The summed E-state index contributed by atoms with van der Waals surface area (Å²) >= 11 is 0. The van der Waals surface area contributed by atoms with E-state index in [0.717, 1.165) is 204 Å². The van der Waals surface area contributed by atoms with Crippen LogP contribution >= 0.6 is 0 Å². The van der Waals surface area contributed by atoms with E-state index >= 15 is 0 Å². The minimum absolute atomic E-state index is 0.523. The van der Waals surface area contributed by atoms with E-state index in [1.807, 2.05) is 206 Å². The van der Waals surface area contributed by atoms with E-state index in [0.29, 0.717) is 52.5 Å². The van der Waals surface area contributed by atoms with Crippen LogP contribution < -0.4 is 0 Å². The maximum absolute atomic E-state index is 6.78. The van der Waals surface area contributed by atoms with Crippen molar-refractivity contribution in [1.29, 1.82) is 0 Å². The number of para-hydroxylation sites is 12. The average Bonchev–Trinajstić information content (AvgIpc) is 1.54. The molecule has 682 valence electrons. The van der Waals surface area contributed by atoms with Gasteiger partial charge in [-0.15, -0.1) is 0 Å². The van der Waals surface area contributed by atoms with E-state index in [1.54, 1.807) is 0 Å². The molecule has 0 aliphatic carbocycles. The third-order valence-corrected chi connectivity index (χ3v) is 28.1. The second-order valence-electron chi connectivity index (χ2n) is 36.4. The monoisotopic (exact) mass is 1870 g/mol. The van der Waals surface area contributed by atoms with Gasteiger partial charge in [-0.25, -0.2) is 34.9 Å². The predicted molar refractivity (Wildman–Crippen MR) is 589 cm³/mol. The van der Waals surface area contributed by atoms with Gasteiger partial charge < -0.3 is 31.4 Å². The standard InChI is InChI=1S/2C45H26N4O2.C39H25N5/c1-2-13-27(14-3-1)43-46-44(33-20-10-18-31-30-17-6-9-25-38(30)50-41(31)33)48-45(47-43)34-21-11-19-32-40-37(24-12-26-39(40)51-42(32)34)49-35-22-7-4-15-28(35)29-16-5-8-23-36(29)49;1-2-13-27(14-3-1)43-46-44(32-19-11-25-38-40(32)30-17-6-9-24-37(30)50-38)48-45(47-43)33-20-10-18-31-41-36(23-12-26-39(41)51-42(31)33)49-34-21-7-4-15-28(34)29-16-5-8-22-35(29)49;1-4-14-26(15-5-1)37-40-38(27-16-6-2-7-17-27)42-39(41-37)44-34-23-13-11-21-30(34)32-25-24-31-29-20-10-12-22-33(29)43(35(31)36(32)44)28-18-8-3-9-19-28/h2*1-26H;1-25H. The van der Waals surface area contributed by atoms with E-state index < -0.39 is 0 Å². The maximum Gasteiger partial charge on any atom is 0.238 e. The molecule has 0 fully saturated rings. The van der Waals surface area contributed by atoms with Crippen LogP contribution in [0.5, 0.6) is 0 Å². The summed E-state index contributed by atoms with van der Waals surface area (Å²) in [4.78, 5) is 45.9. The summed E-state index contributed by atoms with van der Waals surface area (Å²) in [6.07, 6.45) is 0. The fraction of sp³-hybridized carbons (Fsp3) is 0. The SMILES string of the molecule is c1ccc(-c2nc(-c3cccc4c3oc3cccc(-n5c6ccccc6c6ccccc65)c34)nc(-c3cccc4oc5ccccc5c34)n2)cc1.c1ccc(-c2nc(-c3cccc4c3oc3ccccc34)nc(-c3cccc4c3oc3cccc(-n5c6ccccc6c6ccccc65)c34)n2)cc1.c1ccc(-c2nc(-c3ccccc3)nc(-n3c4ccccc4c4ccc5c6ccccc6n(-c6ccccc6)c5c43)n2)cc1. The Balaban J connectivity index is 0.000000104. The van der Waals surface area contributed by atoms with Crippen molar-refractivity contribution in [2.45, 2.75) is 0 Å². The Morgan fingerprint density at radius 2 is 0.418 bits per heavy atom. The van der Waals surface area contributed by atoms with E-state index in [2.05, 4.69) is 279 Å². The molecule has 20 aromatic carbocycles. The molecule has 11 heterocycles. The molecule has 0 atom stereocenters. The molecule has 17 nitrogen and oxygen atoms in total. The van der Waals surface area contributed by atoms with Crippen LogP contribution in [-0.2, 0) is 0 Å². The molecule has 0 radical (unpaired) electrons. The minimum atomic E-state index is 0.523. The van der Waals surface area contributed by atoms with E-state index in [1.165, 1.54) is 32.3 Å². The van der Waals surface area contributed by atoms with Crippen molar-refractivity contribution < 1.29 is 17.7 Å². The van der Waals surface area contributed by atoms with Crippen LogP contribution in [0.1, 0.15) is 0 Å². The zero-order chi connectivity index (χ0) is 96.0. The number of benzene rings is 20. The normalized spacial score (nSPS) is 11.8. The third-order valence-electron chi connectivity index (χ3n) is 28.1. The first-order valence-corrected chi connectivity index (χ1v) is 48.6. The first-order chi connectivity index (χ1) is 72.4. The predicted octanol–water partition coefficient (Wildman–Crippen LogP) is 32.9. The lowest BCUT2D eigenvalue weighted by molar-refractivity contribution is 0.668. The molecule has 31 aromatic rings. The average molecular weight is 1870 g/mol. The van der Waals surface area contributed by atoms with Crippen molar-refractivity contribution in [3.8, 4) is 114 Å². The number of furan rings is 4. The Morgan fingerprint density at radius 1 is 0.151 bits per heavy atom. The first kappa shape index (κ1) is 82.9. The smallest absolute Gasteiger partial charge is 0.238 e. The van der Waals surface area contributed by atoms with Gasteiger partial charge in [0.1, 0.15) is 44.7 Å². The maximum atomic E-state index is 6.78. The zero-order valence-corrected chi connectivity index (χ0v) is 77.9. The van der Waals surface area contributed by atoms with Crippen LogP contribution in [0.4, 0.5) is 0 Å². The molecule has 17 heteroatoms. The lowest BCUT2D eigenvalue weighted by atomic mass is 10.0. The summed E-state index contributed by atoms with van der Waals surface area (Å²) in [5.41, 5.74) is 25.3. The number of rotatable bonds is 12. The Hall–Kier alpha value is -20.2. The molecule has 0 saturated carbocycles. The highest BCUT2D eigenvalue weighted by molar-refractivity contribution is 6.25. The lowest BCUT2D eigenvalue weighted by Crippen LogP contribution is -2.07. The molecule has 0 bridgehead atoms. The highest BCUT2D eigenvalue weighted by atomic mass is 16.3. The second-order valence-corrected chi connectivity index (χ2v) is 36.4. The van der Waals surface area contributed by atoms with Gasteiger partial charge in [0.15, 0.2) is 46.6 Å². The summed E-state index contributed by atoms with van der Waals surface area (Å²) in [7, 11) is 0. The molecule has 0 unspecified atom stereocenters. The van der Waals surface area contributed by atoms with Gasteiger partial charge in [-0.3, -0.25) is 4.57 Å². The molecule has 11 aromatic heterocycles. The Labute approximate surface area is 831 Å². The Kier molecular flexibility index (Phi) is 19.2. The first-order valence-electron chi connectivity index (χ1n) is 48.6. The van der Waals surface area contributed by atoms with Crippen LogP contribution in [-0.4, -0.2) is 63.1 Å². The van der Waals surface area contributed by atoms with Crippen molar-refractivity contribution in [3.63, 3.8) is 0 Å².